The zero-order chi connectivity index (χ0) is 23.0. The molecule has 1 aromatic carbocycles. The van der Waals surface area contributed by atoms with Crippen LogP contribution in [-0.2, 0) is 11.4 Å². The van der Waals surface area contributed by atoms with Gasteiger partial charge in [-0.1, -0.05) is 24.3 Å². The molecule has 168 valence electrons. The van der Waals surface area contributed by atoms with Crippen molar-refractivity contribution in [2.75, 3.05) is 5.32 Å². The molecule has 34 heavy (non-hydrogen) atoms. The first-order chi connectivity index (χ1) is 16.7. The Balaban J connectivity index is 1.26. The zero-order valence-corrected chi connectivity index (χ0v) is 18.5. The molecule has 2 N–H and O–H groups in total. The van der Waals surface area contributed by atoms with Crippen LogP contribution in [0.1, 0.15) is 24.5 Å². The highest BCUT2D eigenvalue weighted by Gasteiger charge is 2.25. The van der Waals surface area contributed by atoms with Gasteiger partial charge in [0, 0.05) is 41.6 Å². The first kappa shape index (κ1) is 20.3. The van der Waals surface area contributed by atoms with Crippen molar-refractivity contribution in [3.63, 3.8) is 0 Å². The van der Waals surface area contributed by atoms with E-state index in [9.17, 15) is 0 Å². The predicted octanol–water partition coefficient (Wildman–Crippen LogP) is 5.08. The van der Waals surface area contributed by atoms with E-state index in [1.165, 1.54) is 0 Å². The number of benzene rings is 1. The van der Waals surface area contributed by atoms with Crippen LogP contribution in [0.3, 0.4) is 0 Å². The Morgan fingerprint density at radius 2 is 2.00 bits per heavy atom. The Bertz CT molecular complexity index is 1460. The van der Waals surface area contributed by atoms with E-state index in [4.69, 9.17) is 9.25 Å². The molecule has 8 nitrogen and oxygen atoms in total. The Kier molecular flexibility index (Phi) is 4.92. The van der Waals surface area contributed by atoms with E-state index in [1.807, 2.05) is 43.4 Å². The summed E-state index contributed by atoms with van der Waals surface area (Å²) < 4.78 is 6.06. The average molecular weight is 451 g/mol. The van der Waals surface area contributed by atoms with Gasteiger partial charge in [-0.2, -0.15) is 0 Å². The lowest BCUT2D eigenvalue weighted by Crippen LogP contribution is -2.37. The van der Waals surface area contributed by atoms with Crippen LogP contribution in [0.4, 0.5) is 11.4 Å². The van der Waals surface area contributed by atoms with Gasteiger partial charge in [-0.3, -0.25) is 14.8 Å². The number of anilines is 2. The highest BCUT2D eigenvalue weighted by atomic mass is 16.7. The Morgan fingerprint density at radius 1 is 1.09 bits per heavy atom. The van der Waals surface area contributed by atoms with Crippen molar-refractivity contribution < 1.29 is 9.25 Å². The van der Waals surface area contributed by atoms with Crippen LogP contribution >= 0.6 is 0 Å². The summed E-state index contributed by atoms with van der Waals surface area (Å²) in [4.78, 5) is 23.5. The van der Waals surface area contributed by atoms with Crippen LogP contribution in [0.15, 0.2) is 88.8 Å². The molecule has 6 rings (SSSR count). The SMILES string of the molecule is CC1(ONC2=NCc3cc(Nc4c(-c5ncccn5)oc5cnccc45)ccc32)C=CC=CC1. The molecular weight excluding hydrogens is 428 g/mol. The zero-order valence-electron chi connectivity index (χ0n) is 18.5. The lowest BCUT2D eigenvalue weighted by Gasteiger charge is -2.26. The van der Waals surface area contributed by atoms with Gasteiger partial charge in [-0.05, 0) is 42.8 Å². The second-order valence-corrected chi connectivity index (χ2v) is 8.42. The first-order valence-electron chi connectivity index (χ1n) is 11.1. The number of pyridine rings is 1. The Morgan fingerprint density at radius 3 is 2.85 bits per heavy atom. The van der Waals surface area contributed by atoms with E-state index in [2.05, 4.69) is 42.9 Å². The molecule has 1 aliphatic heterocycles. The lowest BCUT2D eigenvalue weighted by atomic mass is 9.98. The Labute approximate surface area is 196 Å². The number of rotatable bonds is 5. The molecule has 0 bridgehead atoms. The molecule has 0 saturated heterocycles. The number of nitrogens with zero attached hydrogens (tertiary/aromatic N) is 4. The molecule has 4 heterocycles. The molecule has 1 aliphatic carbocycles. The molecule has 2 aliphatic rings. The van der Waals surface area contributed by atoms with E-state index in [1.54, 1.807) is 30.9 Å². The molecule has 0 amide bonds. The minimum atomic E-state index is -0.394. The average Bonchev–Trinajstić information content (AvgIpc) is 3.45. The number of nitrogens with one attached hydrogen (secondary N) is 2. The van der Waals surface area contributed by atoms with Gasteiger partial charge in [0.25, 0.3) is 0 Å². The number of hydrogen-bond donors (Lipinski definition) is 2. The number of hydrogen-bond acceptors (Lipinski definition) is 8. The number of furan rings is 1. The van der Waals surface area contributed by atoms with Crippen molar-refractivity contribution in [2.24, 2.45) is 4.99 Å². The summed E-state index contributed by atoms with van der Waals surface area (Å²) in [7, 11) is 0. The van der Waals surface area contributed by atoms with Crippen molar-refractivity contribution in [3.8, 4) is 11.6 Å². The number of fused-ring (bicyclic) bond motifs is 2. The third-order valence-corrected chi connectivity index (χ3v) is 5.90. The fourth-order valence-electron chi connectivity index (χ4n) is 4.11. The summed E-state index contributed by atoms with van der Waals surface area (Å²) in [5.41, 5.74) is 7.19. The minimum absolute atomic E-state index is 0.394. The summed E-state index contributed by atoms with van der Waals surface area (Å²) in [5, 5.41) is 4.42. The second kappa shape index (κ2) is 8.24. The number of aromatic nitrogens is 3. The van der Waals surface area contributed by atoms with E-state index in [-0.39, 0.29) is 0 Å². The van der Waals surface area contributed by atoms with Gasteiger partial charge in [0.2, 0.25) is 0 Å². The van der Waals surface area contributed by atoms with E-state index >= 15 is 0 Å². The van der Waals surface area contributed by atoms with Crippen molar-refractivity contribution in [3.05, 3.63) is 90.6 Å². The largest absolute Gasteiger partial charge is 0.449 e. The maximum absolute atomic E-state index is 6.06. The molecule has 8 heteroatoms. The van der Waals surface area contributed by atoms with E-state index in [0.29, 0.717) is 23.7 Å². The maximum atomic E-state index is 6.06. The van der Waals surface area contributed by atoms with Gasteiger partial charge in [-0.15, -0.1) is 0 Å². The lowest BCUT2D eigenvalue weighted by molar-refractivity contribution is -0.0328. The van der Waals surface area contributed by atoms with Crippen molar-refractivity contribution in [2.45, 2.75) is 25.5 Å². The second-order valence-electron chi connectivity index (χ2n) is 8.42. The predicted molar refractivity (Wildman–Crippen MR) is 131 cm³/mol. The standard InChI is InChI=1S/C26H22N6O2/c1-26(9-3-2-4-10-26)34-32-24-19-7-6-18(14-17(19)15-30-24)31-22-20-8-13-27-16-21(20)33-23(22)25-28-11-5-12-29-25/h2-9,11-14,16,31H,10,15H2,1H3,(H,30,32). The van der Waals surface area contributed by atoms with E-state index in [0.717, 1.165) is 40.1 Å². The Hall–Kier alpha value is -4.30. The van der Waals surface area contributed by atoms with Gasteiger partial charge in [0.15, 0.2) is 23.0 Å². The smallest absolute Gasteiger partial charge is 0.197 e. The highest BCUT2D eigenvalue weighted by Crippen LogP contribution is 2.38. The van der Waals surface area contributed by atoms with Gasteiger partial charge in [0.05, 0.1) is 18.4 Å². The molecular formula is C26H22N6O2. The molecule has 0 saturated carbocycles. The monoisotopic (exact) mass is 450 g/mol. The summed E-state index contributed by atoms with van der Waals surface area (Å²) in [5.74, 6) is 1.82. The quantitative estimate of drug-likeness (QED) is 0.409. The number of hydroxylamine groups is 1. The maximum Gasteiger partial charge on any atom is 0.197 e. The van der Waals surface area contributed by atoms with Crippen LogP contribution in [0.2, 0.25) is 0 Å². The normalized spacial score (nSPS) is 18.7. The fraction of sp³-hybridized carbons (Fsp3) is 0.154. The molecule has 0 radical (unpaired) electrons. The number of aliphatic imine (C=N–C) groups is 1. The number of allylic oxidation sites excluding steroid dienone is 2. The van der Waals surface area contributed by atoms with Crippen molar-refractivity contribution in [1.29, 1.82) is 0 Å². The van der Waals surface area contributed by atoms with Crippen LogP contribution < -0.4 is 10.8 Å². The van der Waals surface area contributed by atoms with Crippen molar-refractivity contribution in [1.82, 2.24) is 20.4 Å². The molecule has 1 unspecified atom stereocenters. The molecule has 1 atom stereocenters. The molecule has 3 aromatic heterocycles. The van der Waals surface area contributed by atoms with Gasteiger partial charge in [0.1, 0.15) is 5.60 Å². The topological polar surface area (TPSA) is 97.5 Å². The van der Waals surface area contributed by atoms with Crippen LogP contribution in [0.25, 0.3) is 22.6 Å². The third kappa shape index (κ3) is 3.74. The summed E-state index contributed by atoms with van der Waals surface area (Å²) in [6, 6.07) is 9.84. The molecule has 0 fully saturated rings. The summed E-state index contributed by atoms with van der Waals surface area (Å²) >= 11 is 0. The highest BCUT2D eigenvalue weighted by molar-refractivity contribution is 6.02. The van der Waals surface area contributed by atoms with Crippen LogP contribution in [-0.4, -0.2) is 26.4 Å². The fourth-order valence-corrected chi connectivity index (χ4v) is 4.11. The molecule has 4 aromatic rings. The molecule has 0 spiro atoms. The van der Waals surface area contributed by atoms with Gasteiger partial charge < -0.3 is 9.73 Å². The minimum Gasteiger partial charge on any atom is -0.449 e. The van der Waals surface area contributed by atoms with Crippen LogP contribution in [0, 0.1) is 0 Å². The summed E-state index contributed by atoms with van der Waals surface area (Å²) in [6.07, 6.45) is 15.8. The van der Waals surface area contributed by atoms with Crippen molar-refractivity contribution >= 4 is 28.2 Å². The number of amidine groups is 1. The third-order valence-electron chi connectivity index (χ3n) is 5.90. The first-order valence-corrected chi connectivity index (χ1v) is 11.1. The summed E-state index contributed by atoms with van der Waals surface area (Å²) in [6.45, 7) is 2.62. The van der Waals surface area contributed by atoms with E-state index < -0.39 is 5.60 Å². The van der Waals surface area contributed by atoms with Gasteiger partial charge in [-0.25, -0.2) is 15.4 Å². The van der Waals surface area contributed by atoms with Gasteiger partial charge >= 0.3 is 0 Å². The van der Waals surface area contributed by atoms with Crippen LogP contribution in [0.5, 0.6) is 0 Å².